The Morgan fingerprint density at radius 3 is 2.41 bits per heavy atom. The van der Waals surface area contributed by atoms with Crippen molar-refractivity contribution < 1.29 is 14.3 Å². The molecule has 2 aliphatic rings. The van der Waals surface area contributed by atoms with Gasteiger partial charge in [0.05, 0.1) is 18.1 Å². The molecule has 5 heteroatoms. The van der Waals surface area contributed by atoms with Crippen molar-refractivity contribution in [1.82, 2.24) is 4.90 Å². The smallest absolute Gasteiger partial charge is 0.314 e. The Labute approximate surface area is 190 Å². The van der Waals surface area contributed by atoms with E-state index < -0.39 is 11.5 Å². The highest BCUT2D eigenvalue weighted by atomic mass is 16.5. The normalized spacial score (nSPS) is 21.8. The number of carbonyl (C=O) groups excluding carboxylic acids is 2. The number of benzene rings is 2. The predicted molar refractivity (Wildman–Crippen MR) is 125 cm³/mol. The number of hydrogen-bond acceptors (Lipinski definition) is 4. The second kappa shape index (κ2) is 9.86. The average molecular weight is 435 g/mol. The molecule has 1 amide bonds. The third-order valence-electron chi connectivity index (χ3n) is 7.02. The van der Waals surface area contributed by atoms with E-state index in [-0.39, 0.29) is 11.9 Å². The second-order valence-corrected chi connectivity index (χ2v) is 9.41. The fourth-order valence-corrected chi connectivity index (χ4v) is 5.48. The van der Waals surface area contributed by atoms with Gasteiger partial charge in [-0.2, -0.15) is 0 Å². The van der Waals surface area contributed by atoms with Gasteiger partial charge in [-0.1, -0.05) is 54.6 Å². The van der Waals surface area contributed by atoms with E-state index in [1.54, 1.807) is 0 Å². The number of piperidine rings is 1. The van der Waals surface area contributed by atoms with Crippen LogP contribution < -0.4 is 5.73 Å². The third kappa shape index (κ3) is 4.88. The Morgan fingerprint density at radius 2 is 1.75 bits per heavy atom. The molecule has 0 bridgehead atoms. The highest BCUT2D eigenvalue weighted by Crippen LogP contribution is 2.36. The summed E-state index contributed by atoms with van der Waals surface area (Å²) in [5.41, 5.74) is 9.55. The number of esters is 1. The molecule has 0 spiro atoms. The Balaban J connectivity index is 1.44. The number of nitrogens with two attached hydrogens (primary N) is 1. The first-order chi connectivity index (χ1) is 15.5. The Morgan fingerprint density at radius 1 is 1.09 bits per heavy atom. The second-order valence-electron chi connectivity index (χ2n) is 9.41. The number of likely N-dealkylation sites (tertiary alicyclic amines) is 1. The molecule has 0 radical (unpaired) electrons. The SMILES string of the molecule is CCOC(=O)C1(Cc2ccccc2)CCCN(C(=O)C(N)CC2Cc3ccccc3C2)C1. The van der Waals surface area contributed by atoms with Gasteiger partial charge in [0.1, 0.15) is 0 Å². The summed E-state index contributed by atoms with van der Waals surface area (Å²) in [5, 5.41) is 0. The summed E-state index contributed by atoms with van der Waals surface area (Å²) in [7, 11) is 0. The fourth-order valence-electron chi connectivity index (χ4n) is 5.48. The minimum atomic E-state index is -0.714. The monoisotopic (exact) mass is 434 g/mol. The van der Waals surface area contributed by atoms with E-state index in [1.165, 1.54) is 11.1 Å². The van der Waals surface area contributed by atoms with Gasteiger partial charge in [-0.25, -0.2) is 0 Å². The zero-order chi connectivity index (χ0) is 22.6. The number of ether oxygens (including phenoxy) is 1. The molecule has 1 saturated heterocycles. The molecule has 1 aliphatic heterocycles. The van der Waals surface area contributed by atoms with Crippen molar-refractivity contribution in [3.63, 3.8) is 0 Å². The number of carbonyl (C=O) groups is 2. The van der Waals surface area contributed by atoms with E-state index in [1.807, 2.05) is 42.2 Å². The molecule has 4 rings (SSSR count). The molecular formula is C27H34N2O3. The lowest BCUT2D eigenvalue weighted by molar-refractivity contribution is -0.161. The van der Waals surface area contributed by atoms with Crippen LogP contribution >= 0.6 is 0 Å². The lowest BCUT2D eigenvalue weighted by atomic mass is 9.74. The zero-order valence-electron chi connectivity index (χ0n) is 19.0. The fraction of sp³-hybridized carbons (Fsp3) is 0.481. The number of nitrogens with zero attached hydrogens (tertiary/aromatic N) is 1. The number of amides is 1. The van der Waals surface area contributed by atoms with Crippen LogP contribution in [0.2, 0.25) is 0 Å². The van der Waals surface area contributed by atoms with Crippen LogP contribution in [0, 0.1) is 11.3 Å². The molecule has 2 aromatic carbocycles. The number of hydrogen-bond donors (Lipinski definition) is 1. The summed E-state index contributed by atoms with van der Waals surface area (Å²) in [4.78, 5) is 28.2. The van der Waals surface area contributed by atoms with E-state index in [0.29, 0.717) is 38.5 Å². The topological polar surface area (TPSA) is 72.6 Å². The molecular weight excluding hydrogens is 400 g/mol. The van der Waals surface area contributed by atoms with Gasteiger partial charge >= 0.3 is 5.97 Å². The summed E-state index contributed by atoms with van der Waals surface area (Å²) in [6, 6.07) is 17.9. The van der Waals surface area contributed by atoms with Gasteiger partial charge in [0.2, 0.25) is 5.91 Å². The van der Waals surface area contributed by atoms with E-state index in [0.717, 1.165) is 31.2 Å². The van der Waals surface area contributed by atoms with E-state index in [9.17, 15) is 9.59 Å². The van der Waals surface area contributed by atoms with Gasteiger partial charge < -0.3 is 15.4 Å². The maximum Gasteiger partial charge on any atom is 0.314 e. The minimum Gasteiger partial charge on any atom is -0.466 e. The maximum absolute atomic E-state index is 13.3. The summed E-state index contributed by atoms with van der Waals surface area (Å²) in [6.45, 7) is 3.19. The Hall–Kier alpha value is -2.66. The minimum absolute atomic E-state index is 0.0395. The molecule has 2 aromatic rings. The van der Waals surface area contributed by atoms with Gasteiger partial charge in [-0.15, -0.1) is 0 Å². The van der Waals surface area contributed by atoms with Crippen molar-refractivity contribution in [2.24, 2.45) is 17.1 Å². The van der Waals surface area contributed by atoms with Crippen molar-refractivity contribution in [2.75, 3.05) is 19.7 Å². The van der Waals surface area contributed by atoms with E-state index >= 15 is 0 Å². The average Bonchev–Trinajstić information content (AvgIpc) is 3.22. The molecule has 32 heavy (non-hydrogen) atoms. The summed E-state index contributed by atoms with van der Waals surface area (Å²) >= 11 is 0. The van der Waals surface area contributed by atoms with E-state index in [2.05, 4.69) is 24.3 Å². The lowest BCUT2D eigenvalue weighted by Crippen LogP contribution is -2.55. The molecule has 2 atom stereocenters. The number of rotatable bonds is 7. The van der Waals surface area contributed by atoms with Crippen molar-refractivity contribution >= 4 is 11.9 Å². The van der Waals surface area contributed by atoms with Gasteiger partial charge in [0.25, 0.3) is 0 Å². The van der Waals surface area contributed by atoms with Crippen LogP contribution in [-0.4, -0.2) is 42.5 Å². The molecule has 1 heterocycles. The quantitative estimate of drug-likeness (QED) is 0.677. The molecule has 2 N–H and O–H groups in total. The van der Waals surface area contributed by atoms with Crippen molar-refractivity contribution in [3.05, 3.63) is 71.3 Å². The standard InChI is InChI=1S/C27H34N2O3/c1-2-32-26(31)27(18-20-9-4-3-5-10-20)13-8-14-29(19-27)25(30)24(28)17-21-15-22-11-6-7-12-23(22)16-21/h3-7,9-12,21,24H,2,8,13-19,28H2,1H3. The molecule has 5 nitrogen and oxygen atoms in total. The maximum atomic E-state index is 13.3. The Bertz CT molecular complexity index is 920. The lowest BCUT2D eigenvalue weighted by Gasteiger charge is -2.42. The number of fused-ring (bicyclic) bond motifs is 1. The van der Waals surface area contributed by atoms with Crippen LogP contribution in [0.15, 0.2) is 54.6 Å². The highest BCUT2D eigenvalue weighted by Gasteiger charge is 2.45. The molecule has 0 aromatic heterocycles. The molecule has 1 fully saturated rings. The molecule has 1 aliphatic carbocycles. The first-order valence-electron chi connectivity index (χ1n) is 11.8. The summed E-state index contributed by atoms with van der Waals surface area (Å²) in [5.74, 6) is 0.152. The molecule has 170 valence electrons. The zero-order valence-corrected chi connectivity index (χ0v) is 19.0. The Kier molecular flexibility index (Phi) is 6.95. The molecule has 2 unspecified atom stereocenters. The van der Waals surface area contributed by atoms with Crippen molar-refractivity contribution in [3.8, 4) is 0 Å². The predicted octanol–water partition coefficient (Wildman–Crippen LogP) is 3.53. The largest absolute Gasteiger partial charge is 0.466 e. The van der Waals surface area contributed by atoms with Gasteiger partial charge in [-0.05, 0) is 68.1 Å². The first-order valence-corrected chi connectivity index (χ1v) is 11.8. The molecule has 0 saturated carbocycles. The van der Waals surface area contributed by atoms with Crippen LogP contribution in [0.25, 0.3) is 0 Å². The van der Waals surface area contributed by atoms with Gasteiger partial charge in [0, 0.05) is 13.1 Å². The van der Waals surface area contributed by atoms with Crippen molar-refractivity contribution in [1.29, 1.82) is 0 Å². The van der Waals surface area contributed by atoms with Crippen LogP contribution in [-0.2, 0) is 33.6 Å². The third-order valence-corrected chi connectivity index (χ3v) is 7.02. The van der Waals surface area contributed by atoms with Crippen LogP contribution in [0.4, 0.5) is 0 Å². The van der Waals surface area contributed by atoms with Crippen molar-refractivity contribution in [2.45, 2.75) is 51.5 Å². The van der Waals surface area contributed by atoms with Crippen LogP contribution in [0.3, 0.4) is 0 Å². The first kappa shape index (κ1) is 22.5. The van der Waals surface area contributed by atoms with Gasteiger partial charge in [-0.3, -0.25) is 9.59 Å². The van der Waals surface area contributed by atoms with Crippen LogP contribution in [0.5, 0.6) is 0 Å². The van der Waals surface area contributed by atoms with E-state index in [4.69, 9.17) is 10.5 Å². The van der Waals surface area contributed by atoms with Gasteiger partial charge in [0.15, 0.2) is 0 Å². The summed E-state index contributed by atoms with van der Waals surface area (Å²) in [6.07, 6.45) is 4.71. The highest BCUT2D eigenvalue weighted by molar-refractivity contribution is 5.84. The van der Waals surface area contributed by atoms with Crippen LogP contribution in [0.1, 0.15) is 42.9 Å². The summed E-state index contributed by atoms with van der Waals surface area (Å²) < 4.78 is 5.48.